The van der Waals surface area contributed by atoms with Crippen molar-refractivity contribution >= 4 is 33.3 Å². The van der Waals surface area contributed by atoms with Gasteiger partial charge in [0.25, 0.3) is 5.56 Å². The van der Waals surface area contributed by atoms with E-state index in [1.807, 2.05) is 0 Å². The summed E-state index contributed by atoms with van der Waals surface area (Å²) in [4.78, 5) is 21.9. The van der Waals surface area contributed by atoms with Crippen molar-refractivity contribution in [2.24, 2.45) is 0 Å². The fourth-order valence-electron chi connectivity index (χ4n) is 2.67. The van der Waals surface area contributed by atoms with Gasteiger partial charge in [-0.2, -0.15) is 0 Å². The van der Waals surface area contributed by atoms with Crippen molar-refractivity contribution in [2.45, 2.75) is 6.42 Å². The van der Waals surface area contributed by atoms with Crippen molar-refractivity contribution in [3.05, 3.63) is 86.4 Å². The zero-order chi connectivity index (χ0) is 18.3. The molecule has 4 aromatic rings. The van der Waals surface area contributed by atoms with Gasteiger partial charge < -0.3 is 0 Å². The normalized spacial score (nSPS) is 11.2. The van der Waals surface area contributed by atoms with E-state index >= 15 is 0 Å². The van der Waals surface area contributed by atoms with Gasteiger partial charge in [0.05, 0.1) is 11.2 Å². The second-order valence-corrected chi connectivity index (χ2v) is 6.83. The summed E-state index contributed by atoms with van der Waals surface area (Å²) in [5.74, 6) is -1.02. The molecule has 2 aromatic carbocycles. The van der Waals surface area contributed by atoms with Gasteiger partial charge in [-0.3, -0.25) is 9.36 Å². The van der Waals surface area contributed by atoms with Crippen molar-refractivity contribution in [2.75, 3.05) is 0 Å². The topological polar surface area (TPSA) is 47.8 Å². The van der Waals surface area contributed by atoms with Gasteiger partial charge in [0, 0.05) is 17.5 Å². The predicted octanol–water partition coefficient (Wildman–Crippen LogP) is 4.36. The molecular weight excluding hydrogens is 380 g/mol. The van der Waals surface area contributed by atoms with Crippen molar-refractivity contribution in [1.29, 1.82) is 0 Å². The Labute approximate surface area is 155 Å². The zero-order valence-corrected chi connectivity index (χ0v) is 14.7. The number of rotatable bonds is 3. The predicted molar refractivity (Wildman–Crippen MR) is 97.2 cm³/mol. The largest absolute Gasteiger partial charge is 0.285 e. The second-order valence-electron chi connectivity index (χ2n) is 5.56. The van der Waals surface area contributed by atoms with Crippen LogP contribution < -0.4 is 5.56 Å². The number of thiazole rings is 1. The molecular formula is C18H10ClF2N3OS. The number of halogens is 3. The zero-order valence-electron chi connectivity index (χ0n) is 13.1. The van der Waals surface area contributed by atoms with Crippen molar-refractivity contribution in [3.63, 3.8) is 0 Å². The fraction of sp³-hybridized carbons (Fsp3) is 0.0556. The molecule has 2 heterocycles. The van der Waals surface area contributed by atoms with Crippen LogP contribution in [0, 0.1) is 11.6 Å². The van der Waals surface area contributed by atoms with E-state index in [1.54, 1.807) is 24.3 Å². The highest BCUT2D eigenvalue weighted by Crippen LogP contribution is 2.20. The minimum absolute atomic E-state index is 0.0256. The van der Waals surface area contributed by atoms with Gasteiger partial charge in [0.1, 0.15) is 17.5 Å². The Bertz CT molecular complexity index is 1170. The first-order chi connectivity index (χ1) is 12.5. The summed E-state index contributed by atoms with van der Waals surface area (Å²) in [5.41, 5.74) is 2.21. The summed E-state index contributed by atoms with van der Waals surface area (Å²) in [7, 11) is 0. The highest BCUT2D eigenvalue weighted by molar-refractivity contribution is 7.16. The molecule has 0 aliphatic carbocycles. The molecule has 4 nitrogen and oxygen atoms in total. The van der Waals surface area contributed by atoms with Crippen molar-refractivity contribution < 1.29 is 8.78 Å². The number of nitrogens with zero attached hydrogens (tertiary/aromatic N) is 3. The van der Waals surface area contributed by atoms with Crippen LogP contribution in [0.4, 0.5) is 8.78 Å². The van der Waals surface area contributed by atoms with Crippen LogP contribution in [0.15, 0.2) is 52.8 Å². The molecule has 0 aliphatic rings. The van der Waals surface area contributed by atoms with Crippen LogP contribution in [0.2, 0.25) is 5.02 Å². The smallest absolute Gasteiger partial charge is 0.266 e. The van der Waals surface area contributed by atoms with Crippen molar-refractivity contribution in [3.8, 4) is 5.69 Å². The number of benzene rings is 2. The van der Waals surface area contributed by atoms with E-state index in [1.165, 1.54) is 33.5 Å². The molecule has 0 unspecified atom stereocenters. The van der Waals surface area contributed by atoms with Crippen LogP contribution in [-0.2, 0) is 6.42 Å². The van der Waals surface area contributed by atoms with E-state index in [2.05, 4.69) is 9.97 Å². The van der Waals surface area contributed by atoms with Gasteiger partial charge in [-0.05, 0) is 35.9 Å². The molecule has 0 saturated carbocycles. The minimum atomic E-state index is -0.689. The molecule has 2 aromatic heterocycles. The van der Waals surface area contributed by atoms with Gasteiger partial charge in [0.15, 0.2) is 10.3 Å². The first-order valence-corrected chi connectivity index (χ1v) is 8.83. The number of hydrogen-bond donors (Lipinski definition) is 0. The Morgan fingerprint density at radius 1 is 1.12 bits per heavy atom. The third kappa shape index (κ3) is 3.00. The fourth-order valence-corrected chi connectivity index (χ4v) is 3.46. The number of hydrogen-bond acceptors (Lipinski definition) is 4. The minimum Gasteiger partial charge on any atom is -0.266 e. The summed E-state index contributed by atoms with van der Waals surface area (Å²) in [6, 6.07) is 9.98. The first-order valence-electron chi connectivity index (χ1n) is 7.58. The Morgan fingerprint density at radius 3 is 2.62 bits per heavy atom. The molecule has 0 fully saturated rings. The molecule has 0 amide bonds. The molecule has 0 radical (unpaired) electrons. The maximum atomic E-state index is 14.1. The van der Waals surface area contributed by atoms with Crippen LogP contribution in [0.3, 0.4) is 0 Å². The molecule has 26 heavy (non-hydrogen) atoms. The Morgan fingerprint density at radius 2 is 1.88 bits per heavy atom. The highest BCUT2D eigenvalue weighted by Gasteiger charge is 2.16. The monoisotopic (exact) mass is 389 g/mol. The van der Waals surface area contributed by atoms with Crippen LogP contribution in [-0.4, -0.2) is 14.5 Å². The van der Waals surface area contributed by atoms with E-state index in [4.69, 9.17) is 11.6 Å². The SMILES string of the molecule is O=c1c2ncsc2nc(Cc2ccc(F)cc2F)n1-c1ccc(Cl)cc1. The van der Waals surface area contributed by atoms with E-state index in [0.717, 1.165) is 6.07 Å². The molecule has 0 atom stereocenters. The Balaban J connectivity index is 1.93. The van der Waals surface area contributed by atoms with Gasteiger partial charge in [-0.1, -0.05) is 17.7 Å². The lowest BCUT2D eigenvalue weighted by atomic mass is 10.1. The van der Waals surface area contributed by atoms with Crippen LogP contribution in [0.25, 0.3) is 16.0 Å². The lowest BCUT2D eigenvalue weighted by molar-refractivity contribution is 0.573. The van der Waals surface area contributed by atoms with Crippen LogP contribution in [0.1, 0.15) is 11.4 Å². The third-order valence-corrected chi connectivity index (χ3v) is 4.86. The molecule has 0 spiro atoms. The number of fused-ring (bicyclic) bond motifs is 1. The lowest BCUT2D eigenvalue weighted by Crippen LogP contribution is -2.24. The molecule has 0 bridgehead atoms. The lowest BCUT2D eigenvalue weighted by Gasteiger charge is -2.13. The van der Waals surface area contributed by atoms with Gasteiger partial charge in [0.2, 0.25) is 0 Å². The average molecular weight is 390 g/mol. The Kier molecular flexibility index (Phi) is 4.26. The average Bonchev–Trinajstić information content (AvgIpc) is 3.08. The molecule has 0 saturated heterocycles. The van der Waals surface area contributed by atoms with Gasteiger partial charge >= 0.3 is 0 Å². The Hall–Kier alpha value is -2.64. The summed E-state index contributed by atoms with van der Waals surface area (Å²) in [6.07, 6.45) is 0.0256. The summed E-state index contributed by atoms with van der Waals surface area (Å²) >= 11 is 7.15. The third-order valence-electron chi connectivity index (χ3n) is 3.89. The van der Waals surface area contributed by atoms with Crippen LogP contribution in [0.5, 0.6) is 0 Å². The molecule has 0 aliphatic heterocycles. The van der Waals surface area contributed by atoms with E-state index in [9.17, 15) is 13.6 Å². The summed E-state index contributed by atoms with van der Waals surface area (Å²) in [6.45, 7) is 0. The molecule has 4 rings (SSSR count). The van der Waals surface area contributed by atoms with Gasteiger partial charge in [-0.25, -0.2) is 18.7 Å². The van der Waals surface area contributed by atoms with E-state index in [0.29, 0.717) is 21.4 Å². The van der Waals surface area contributed by atoms with E-state index < -0.39 is 11.6 Å². The maximum absolute atomic E-state index is 14.1. The quantitative estimate of drug-likeness (QED) is 0.523. The second kappa shape index (κ2) is 6.59. The maximum Gasteiger partial charge on any atom is 0.285 e. The number of aromatic nitrogens is 3. The standard InChI is InChI=1S/C18H10ClF2N3OS/c19-11-2-5-13(6-3-11)24-15(7-10-1-4-12(20)8-14(10)21)23-17-16(18(24)25)22-9-26-17/h1-6,8-9H,7H2. The molecule has 130 valence electrons. The molecule has 8 heteroatoms. The van der Waals surface area contributed by atoms with Crippen LogP contribution >= 0.6 is 22.9 Å². The van der Waals surface area contributed by atoms with Crippen molar-refractivity contribution in [1.82, 2.24) is 14.5 Å². The highest BCUT2D eigenvalue weighted by atomic mass is 35.5. The van der Waals surface area contributed by atoms with E-state index in [-0.39, 0.29) is 23.1 Å². The summed E-state index contributed by atoms with van der Waals surface area (Å²) < 4.78 is 28.6. The van der Waals surface area contributed by atoms with Gasteiger partial charge in [-0.15, -0.1) is 11.3 Å². The summed E-state index contributed by atoms with van der Waals surface area (Å²) in [5, 5.41) is 0.524. The molecule has 0 N–H and O–H groups in total. The first kappa shape index (κ1) is 16.8.